The normalized spacial score (nSPS) is 17.7. The van der Waals surface area contributed by atoms with Crippen molar-refractivity contribution in [3.05, 3.63) is 53.6 Å². The molecule has 21 heteroatoms. The summed E-state index contributed by atoms with van der Waals surface area (Å²) in [7, 11) is 6.25. The molecule has 1 unspecified atom stereocenters. The Morgan fingerprint density at radius 2 is 1.49 bits per heavy atom. The van der Waals surface area contributed by atoms with Gasteiger partial charge in [0.1, 0.15) is 12.1 Å². The van der Waals surface area contributed by atoms with Crippen LogP contribution in [-0.4, -0.2) is 172 Å². The second kappa shape index (κ2) is 35.8. The highest BCUT2D eigenvalue weighted by Gasteiger charge is 2.43. The number of likely N-dealkylation sites (N-methyl/N-ethyl adjacent to an activating group) is 1. The number of likely N-dealkylation sites (tertiary alicyclic amines) is 1. The summed E-state index contributed by atoms with van der Waals surface area (Å²) in [5.74, 6) is -3.56. The molecule has 1 aliphatic heterocycles. The number of methoxy groups -OCH3 is 3. The Balaban J connectivity index is 1.70. The van der Waals surface area contributed by atoms with E-state index in [1.807, 2.05) is 84.7 Å². The van der Waals surface area contributed by atoms with Gasteiger partial charge in [0.2, 0.25) is 35.4 Å². The van der Waals surface area contributed by atoms with E-state index in [0.717, 1.165) is 30.4 Å². The summed E-state index contributed by atoms with van der Waals surface area (Å²) in [6, 6.07) is 2.69. The molecule has 8 amide bonds. The molecule has 0 radical (unpaired) electrons. The van der Waals surface area contributed by atoms with Crippen molar-refractivity contribution >= 4 is 53.1 Å². The Morgan fingerprint density at radius 3 is 2.07 bits per heavy atom. The molecule has 1 heterocycles. The molecular weight excluding hydrogens is 1040 g/mol. The highest BCUT2D eigenvalue weighted by molar-refractivity contribution is 5.98. The van der Waals surface area contributed by atoms with E-state index < -0.39 is 78.2 Å². The van der Waals surface area contributed by atoms with Crippen LogP contribution in [-0.2, 0) is 54.2 Å². The lowest BCUT2D eigenvalue weighted by Gasteiger charge is -2.41. The molecule has 0 spiro atoms. The maximum atomic E-state index is 14.6. The molecule has 1 aromatic carbocycles. The second-order valence-electron chi connectivity index (χ2n) is 22.6. The molecule has 21 nitrogen and oxygen atoms in total. The molecule has 1 saturated heterocycles. The number of unbranched alkanes of at least 4 members (excludes halogenated alkanes) is 2. The molecule has 1 aromatic rings. The summed E-state index contributed by atoms with van der Waals surface area (Å²) in [5, 5.41) is 14.1. The fourth-order valence-corrected chi connectivity index (χ4v) is 10.8. The largest absolute Gasteiger partial charge is 0.467 e. The second-order valence-corrected chi connectivity index (χ2v) is 22.6. The van der Waals surface area contributed by atoms with Crippen molar-refractivity contribution in [3.8, 4) is 0 Å². The number of nitrogens with two attached hydrogens (primary N) is 2. The van der Waals surface area contributed by atoms with Crippen molar-refractivity contribution in [1.29, 1.82) is 0 Å². The van der Waals surface area contributed by atoms with Gasteiger partial charge < -0.3 is 62.1 Å². The molecule has 1 aliphatic carbocycles. The Labute approximate surface area is 482 Å². The van der Waals surface area contributed by atoms with E-state index in [1.54, 1.807) is 36.0 Å². The van der Waals surface area contributed by atoms with E-state index in [2.05, 4.69) is 32.7 Å². The minimum absolute atomic E-state index is 0.0276. The highest BCUT2D eigenvalue weighted by atomic mass is 16.5. The van der Waals surface area contributed by atoms with Crippen LogP contribution < -0.4 is 38.1 Å². The van der Waals surface area contributed by atoms with E-state index in [1.165, 1.54) is 14.2 Å². The van der Waals surface area contributed by atoms with Gasteiger partial charge in [-0.15, -0.1) is 0 Å². The Bertz CT molecular complexity index is 2240. The number of ether oxygens (including phenoxy) is 3. The minimum Gasteiger partial charge on any atom is -0.467 e. The number of carbonyl (C=O) groups is 8. The zero-order chi connectivity index (χ0) is 60.3. The number of primary amides is 1. The number of benzene rings is 1. The van der Waals surface area contributed by atoms with Crippen LogP contribution in [0.15, 0.2) is 48.1 Å². The standard InChI is InChI=1S/C60H100N10O11/c1-13-15-32-70(53(40(7)14-2)48(79-10)36-49(71)69-33-21-25-47(69)54(80-11)41(8)55(73)67-46(59(77)81-12)35-43-22-17-16-18-23-43)50(72)37-64-58(76)52(39(5)6)68(9)34-30-42-26-28-44(29-27-42)65-56(74)45(24-19-20-31-63-60(62)78)66-57(75)51(61)38(3)4/h17,22-23,26-29,38-41,45-48,51-54H,13-16,18-21,24-25,30-37,61H2,1-12H3,(H,64,76)(H,65,74)(H,66,75)(H,67,73)(H3,62,63,78)/t40-,41+,45-,46-,47-,48+,51?,52-,53-,54+/m0/s1. The Kier molecular flexibility index (Phi) is 30.7. The summed E-state index contributed by atoms with van der Waals surface area (Å²) in [5.41, 5.74) is 13.7. The number of allylic oxidation sites excluding steroid dienone is 3. The number of nitrogens with one attached hydrogen (secondary N) is 5. The first-order valence-corrected chi connectivity index (χ1v) is 29.4. The first kappa shape index (κ1) is 69.4. The van der Waals surface area contributed by atoms with Crippen molar-refractivity contribution < 1.29 is 52.6 Å². The zero-order valence-corrected chi connectivity index (χ0v) is 50.7. The summed E-state index contributed by atoms with van der Waals surface area (Å²) in [4.78, 5) is 113. The summed E-state index contributed by atoms with van der Waals surface area (Å²) in [6.07, 6.45) is 12.2. The van der Waals surface area contributed by atoms with Gasteiger partial charge in [0.05, 0.1) is 62.4 Å². The van der Waals surface area contributed by atoms with Crippen LogP contribution in [0.2, 0.25) is 0 Å². The third kappa shape index (κ3) is 22.1. The van der Waals surface area contributed by atoms with Crippen LogP contribution in [0.1, 0.15) is 138 Å². The fourth-order valence-electron chi connectivity index (χ4n) is 10.8. The fraction of sp³-hybridized carbons (Fsp3) is 0.700. The van der Waals surface area contributed by atoms with E-state index in [-0.39, 0.29) is 54.3 Å². The number of amides is 8. The van der Waals surface area contributed by atoms with Crippen LogP contribution in [0.25, 0.3) is 0 Å². The Morgan fingerprint density at radius 1 is 0.802 bits per heavy atom. The number of rotatable bonds is 36. The van der Waals surface area contributed by atoms with E-state index in [0.29, 0.717) is 89.7 Å². The van der Waals surface area contributed by atoms with Crippen LogP contribution in [0, 0.1) is 23.7 Å². The number of carbonyl (C=O) groups excluding carboxylic acids is 8. The maximum Gasteiger partial charge on any atom is 0.328 e. The zero-order valence-electron chi connectivity index (χ0n) is 50.7. The quantitative estimate of drug-likeness (QED) is 0.0346. The molecule has 2 aliphatic rings. The first-order chi connectivity index (χ1) is 38.5. The number of esters is 1. The maximum absolute atomic E-state index is 14.6. The number of hydrogen-bond donors (Lipinski definition) is 7. The summed E-state index contributed by atoms with van der Waals surface area (Å²) in [6.45, 7) is 16.9. The van der Waals surface area contributed by atoms with Gasteiger partial charge in [-0.05, 0) is 106 Å². The number of urea groups is 1. The molecule has 0 bridgehead atoms. The van der Waals surface area contributed by atoms with E-state index in [9.17, 15) is 38.4 Å². The monoisotopic (exact) mass is 1140 g/mol. The summed E-state index contributed by atoms with van der Waals surface area (Å²) < 4.78 is 17.2. The third-order valence-corrected chi connectivity index (χ3v) is 15.8. The summed E-state index contributed by atoms with van der Waals surface area (Å²) >= 11 is 0. The van der Waals surface area contributed by atoms with Crippen LogP contribution >= 0.6 is 0 Å². The first-order valence-electron chi connectivity index (χ1n) is 29.4. The van der Waals surface area contributed by atoms with E-state index in [4.69, 9.17) is 25.7 Å². The topological polar surface area (TPSA) is 286 Å². The average Bonchev–Trinajstić information content (AvgIpc) is 4.00. The molecule has 10 atom stereocenters. The van der Waals surface area contributed by atoms with Gasteiger partial charge in [-0.1, -0.05) is 98.6 Å². The van der Waals surface area contributed by atoms with Gasteiger partial charge >= 0.3 is 12.0 Å². The van der Waals surface area contributed by atoms with Crippen molar-refractivity contribution in [2.75, 3.05) is 66.4 Å². The molecule has 0 aromatic heterocycles. The predicted molar refractivity (Wildman–Crippen MR) is 314 cm³/mol. The number of nitrogens with zero attached hydrogens (tertiary/aromatic N) is 3. The molecule has 81 heavy (non-hydrogen) atoms. The lowest BCUT2D eigenvalue weighted by atomic mass is 9.89. The molecule has 9 N–H and O–H groups in total. The molecule has 0 saturated carbocycles. The lowest BCUT2D eigenvalue weighted by Crippen LogP contribution is -2.57. The van der Waals surface area contributed by atoms with Crippen LogP contribution in [0.4, 0.5) is 10.5 Å². The lowest BCUT2D eigenvalue weighted by molar-refractivity contribution is -0.148. The van der Waals surface area contributed by atoms with Gasteiger partial charge in [0.15, 0.2) is 0 Å². The van der Waals surface area contributed by atoms with Crippen molar-refractivity contribution in [2.45, 2.75) is 187 Å². The molecular formula is C60H100N10O11. The smallest absolute Gasteiger partial charge is 0.328 e. The van der Waals surface area contributed by atoms with Gasteiger partial charge in [0.25, 0.3) is 0 Å². The molecule has 456 valence electrons. The SMILES string of the molecule is CCCCN(C(=O)CNC(=O)[C@H](C(C)C)N(C)CCc1ccc(NC(=O)[C@H](CCCCNC(N)=O)NC(=O)C(N)C(C)C)cc1)[C@@H]([C@@H](C)CC)[C@@H](CC(=O)N1CCC[C@H]1[C@H](OC)[C@@H](C)C(=O)N[C@@H](CC1=CCCC=C1)C(=O)OC)OC. The minimum atomic E-state index is -0.890. The van der Waals surface area contributed by atoms with Crippen LogP contribution in [0.5, 0.6) is 0 Å². The predicted octanol–water partition coefficient (Wildman–Crippen LogP) is 4.96. The van der Waals surface area contributed by atoms with Gasteiger partial charge in [-0.25, -0.2) is 9.59 Å². The van der Waals surface area contributed by atoms with Crippen LogP contribution in [0.3, 0.4) is 0 Å². The number of hydrogen-bond acceptors (Lipinski definition) is 13. The Hall–Kier alpha value is -5.90. The van der Waals surface area contributed by atoms with Gasteiger partial charge in [-0.3, -0.25) is 33.7 Å². The number of anilines is 1. The van der Waals surface area contributed by atoms with Crippen molar-refractivity contribution in [2.24, 2.45) is 35.1 Å². The third-order valence-electron chi connectivity index (χ3n) is 15.8. The molecule has 1 fully saturated rings. The van der Waals surface area contributed by atoms with Gasteiger partial charge in [-0.2, -0.15) is 0 Å². The van der Waals surface area contributed by atoms with Crippen molar-refractivity contribution in [3.63, 3.8) is 0 Å². The highest BCUT2D eigenvalue weighted by Crippen LogP contribution is 2.30. The van der Waals surface area contributed by atoms with E-state index >= 15 is 0 Å². The van der Waals surface area contributed by atoms with Crippen molar-refractivity contribution in [1.82, 2.24) is 36.0 Å². The average molecular weight is 1140 g/mol. The molecule has 3 rings (SSSR count). The van der Waals surface area contributed by atoms with Gasteiger partial charge in [0, 0.05) is 52.5 Å².